The maximum atomic E-state index is 2.93. The highest BCUT2D eigenvalue weighted by molar-refractivity contribution is 4.82. The SMILES string of the molecule is C1=CNCN1.C1=CNCN1. The Kier molecular flexibility index (Phi) is 3.09. The van der Waals surface area contributed by atoms with Gasteiger partial charge in [-0.25, -0.2) is 0 Å². The molecule has 0 spiro atoms. The van der Waals surface area contributed by atoms with Crippen LogP contribution in [0.4, 0.5) is 0 Å². The average molecular weight is 140 g/mol. The second-order valence-corrected chi connectivity index (χ2v) is 1.84. The zero-order chi connectivity index (χ0) is 7.07. The van der Waals surface area contributed by atoms with E-state index in [1.807, 2.05) is 24.8 Å². The minimum Gasteiger partial charge on any atom is -0.373 e. The molecule has 0 radical (unpaired) electrons. The Bertz CT molecular complexity index is 102. The fourth-order valence-corrected chi connectivity index (χ4v) is 0.589. The zero-order valence-electron chi connectivity index (χ0n) is 5.72. The van der Waals surface area contributed by atoms with E-state index in [9.17, 15) is 0 Å². The van der Waals surface area contributed by atoms with Gasteiger partial charge in [-0.1, -0.05) is 0 Å². The average Bonchev–Trinajstić information content (AvgIpc) is 2.67. The molecule has 4 heteroatoms. The van der Waals surface area contributed by atoms with Crippen LogP contribution in [0.2, 0.25) is 0 Å². The quantitative estimate of drug-likeness (QED) is 0.356. The van der Waals surface area contributed by atoms with Crippen molar-refractivity contribution < 1.29 is 0 Å². The maximum Gasteiger partial charge on any atom is 0.0840 e. The topological polar surface area (TPSA) is 48.1 Å². The molecule has 10 heavy (non-hydrogen) atoms. The van der Waals surface area contributed by atoms with Crippen molar-refractivity contribution in [1.82, 2.24) is 21.3 Å². The third-order valence-corrected chi connectivity index (χ3v) is 1.05. The molecule has 0 aromatic heterocycles. The van der Waals surface area contributed by atoms with Gasteiger partial charge in [0.25, 0.3) is 0 Å². The highest BCUT2D eigenvalue weighted by Crippen LogP contribution is 1.65. The lowest BCUT2D eigenvalue weighted by atomic mass is 11.0. The molecule has 0 aromatic carbocycles. The fraction of sp³-hybridized carbons (Fsp3) is 0.333. The van der Waals surface area contributed by atoms with Gasteiger partial charge < -0.3 is 21.3 Å². The highest BCUT2D eigenvalue weighted by atomic mass is 15.1. The van der Waals surface area contributed by atoms with Crippen molar-refractivity contribution >= 4 is 0 Å². The Labute approximate surface area is 60.4 Å². The summed E-state index contributed by atoms with van der Waals surface area (Å²) in [5.74, 6) is 0. The van der Waals surface area contributed by atoms with E-state index in [1.54, 1.807) is 0 Å². The van der Waals surface area contributed by atoms with E-state index in [-0.39, 0.29) is 0 Å². The van der Waals surface area contributed by atoms with E-state index < -0.39 is 0 Å². The molecule has 2 heterocycles. The molecule has 56 valence electrons. The Morgan fingerprint density at radius 1 is 0.600 bits per heavy atom. The summed E-state index contributed by atoms with van der Waals surface area (Å²) in [6.45, 7) is 1.78. The van der Waals surface area contributed by atoms with Gasteiger partial charge in [0.2, 0.25) is 0 Å². The van der Waals surface area contributed by atoms with Crippen molar-refractivity contribution in [3.8, 4) is 0 Å². The van der Waals surface area contributed by atoms with Crippen LogP contribution in [0.15, 0.2) is 24.8 Å². The third kappa shape index (κ3) is 2.86. The van der Waals surface area contributed by atoms with Gasteiger partial charge in [-0.15, -0.1) is 0 Å². The van der Waals surface area contributed by atoms with Gasteiger partial charge in [0.05, 0.1) is 13.3 Å². The van der Waals surface area contributed by atoms with Gasteiger partial charge in [-0.3, -0.25) is 0 Å². The third-order valence-electron chi connectivity index (χ3n) is 1.05. The number of hydrogen-bond acceptors (Lipinski definition) is 4. The van der Waals surface area contributed by atoms with Crippen LogP contribution in [-0.2, 0) is 0 Å². The first-order chi connectivity index (χ1) is 5.00. The molecule has 0 unspecified atom stereocenters. The van der Waals surface area contributed by atoms with E-state index in [1.165, 1.54) is 0 Å². The molecule has 2 aliphatic heterocycles. The van der Waals surface area contributed by atoms with Crippen molar-refractivity contribution in [3.05, 3.63) is 24.8 Å². The summed E-state index contributed by atoms with van der Waals surface area (Å²) in [5, 5.41) is 11.7. The number of nitrogens with one attached hydrogen (secondary N) is 4. The molecule has 0 aromatic rings. The van der Waals surface area contributed by atoms with Crippen LogP contribution in [0.25, 0.3) is 0 Å². The van der Waals surface area contributed by atoms with Crippen molar-refractivity contribution in [1.29, 1.82) is 0 Å². The zero-order valence-corrected chi connectivity index (χ0v) is 5.72. The lowest BCUT2D eigenvalue weighted by Crippen LogP contribution is -2.10. The van der Waals surface area contributed by atoms with Crippen LogP contribution < -0.4 is 21.3 Å². The van der Waals surface area contributed by atoms with Crippen LogP contribution in [0.1, 0.15) is 0 Å². The minimum absolute atomic E-state index is 0.889. The van der Waals surface area contributed by atoms with Gasteiger partial charge in [-0.05, 0) is 0 Å². The summed E-state index contributed by atoms with van der Waals surface area (Å²) in [4.78, 5) is 0. The van der Waals surface area contributed by atoms with E-state index in [0.29, 0.717) is 0 Å². The molecule has 0 aliphatic carbocycles. The molecule has 0 saturated heterocycles. The van der Waals surface area contributed by atoms with Gasteiger partial charge >= 0.3 is 0 Å². The van der Waals surface area contributed by atoms with Crippen LogP contribution in [0.3, 0.4) is 0 Å². The minimum atomic E-state index is 0.889. The molecule has 0 atom stereocenters. The molecule has 2 aliphatic rings. The molecule has 0 bridgehead atoms. The molecule has 4 nitrogen and oxygen atoms in total. The van der Waals surface area contributed by atoms with E-state index >= 15 is 0 Å². The maximum absolute atomic E-state index is 2.93. The van der Waals surface area contributed by atoms with Gasteiger partial charge in [0.1, 0.15) is 0 Å². The molecular weight excluding hydrogens is 128 g/mol. The number of hydrogen-bond donors (Lipinski definition) is 4. The Morgan fingerprint density at radius 2 is 0.900 bits per heavy atom. The van der Waals surface area contributed by atoms with Crippen LogP contribution in [-0.4, -0.2) is 13.3 Å². The Balaban J connectivity index is 0.0000001000. The first-order valence-corrected chi connectivity index (χ1v) is 3.24. The summed E-state index contributed by atoms with van der Waals surface area (Å²) in [7, 11) is 0. The van der Waals surface area contributed by atoms with Crippen LogP contribution in [0, 0.1) is 0 Å². The predicted molar refractivity (Wildman–Crippen MR) is 40.6 cm³/mol. The van der Waals surface area contributed by atoms with Crippen LogP contribution >= 0.6 is 0 Å². The van der Waals surface area contributed by atoms with E-state index in [0.717, 1.165) is 13.3 Å². The molecule has 0 amide bonds. The van der Waals surface area contributed by atoms with Crippen LogP contribution in [0.5, 0.6) is 0 Å². The van der Waals surface area contributed by atoms with E-state index in [4.69, 9.17) is 0 Å². The lowest BCUT2D eigenvalue weighted by Gasteiger charge is -1.82. The first kappa shape index (κ1) is 6.80. The second-order valence-electron chi connectivity index (χ2n) is 1.84. The van der Waals surface area contributed by atoms with Gasteiger partial charge in [0, 0.05) is 24.8 Å². The standard InChI is InChI=1S/2C3H6N2/c2*1-2-5-3-4-1/h2*1-2,4-5H,3H2. The predicted octanol–water partition coefficient (Wildman–Crippen LogP) is -0.784. The fourth-order valence-electron chi connectivity index (χ4n) is 0.589. The molecule has 0 fully saturated rings. The summed E-state index contributed by atoms with van der Waals surface area (Å²) in [6, 6.07) is 0. The Hall–Kier alpha value is -1.32. The molecular formula is C6H12N4. The number of rotatable bonds is 0. The molecule has 4 N–H and O–H groups in total. The smallest absolute Gasteiger partial charge is 0.0840 e. The van der Waals surface area contributed by atoms with Gasteiger partial charge in [0.15, 0.2) is 0 Å². The van der Waals surface area contributed by atoms with Crippen molar-refractivity contribution in [2.24, 2.45) is 0 Å². The summed E-state index contributed by atoms with van der Waals surface area (Å²) < 4.78 is 0. The van der Waals surface area contributed by atoms with Crippen molar-refractivity contribution in [2.75, 3.05) is 13.3 Å². The summed E-state index contributed by atoms with van der Waals surface area (Å²) in [6.07, 6.45) is 7.50. The lowest BCUT2D eigenvalue weighted by molar-refractivity contribution is 0.835. The van der Waals surface area contributed by atoms with E-state index in [2.05, 4.69) is 21.3 Å². The molecule has 0 saturated carbocycles. The van der Waals surface area contributed by atoms with Crippen molar-refractivity contribution in [3.63, 3.8) is 0 Å². The van der Waals surface area contributed by atoms with Crippen molar-refractivity contribution in [2.45, 2.75) is 0 Å². The summed E-state index contributed by atoms with van der Waals surface area (Å²) in [5.41, 5.74) is 0. The largest absolute Gasteiger partial charge is 0.373 e. The highest BCUT2D eigenvalue weighted by Gasteiger charge is 1.78. The monoisotopic (exact) mass is 140 g/mol. The first-order valence-electron chi connectivity index (χ1n) is 3.24. The normalized spacial score (nSPS) is 17.6. The Morgan fingerprint density at radius 3 is 1.00 bits per heavy atom. The molecule has 2 rings (SSSR count). The van der Waals surface area contributed by atoms with Gasteiger partial charge in [-0.2, -0.15) is 0 Å². The second kappa shape index (κ2) is 4.55. The summed E-state index contributed by atoms with van der Waals surface area (Å²) >= 11 is 0.